The van der Waals surface area contributed by atoms with Crippen LogP contribution in [0.5, 0.6) is 5.75 Å². The minimum Gasteiger partial charge on any atom is -0.497 e. The van der Waals surface area contributed by atoms with E-state index >= 15 is 0 Å². The first kappa shape index (κ1) is 16.7. The van der Waals surface area contributed by atoms with Gasteiger partial charge in [0.25, 0.3) is 0 Å². The Bertz CT molecular complexity index is 1090. The highest BCUT2D eigenvalue weighted by atomic mass is 32.1. The lowest BCUT2D eigenvalue weighted by Gasteiger charge is -2.06. The highest BCUT2D eigenvalue weighted by Gasteiger charge is 2.12. The van der Waals surface area contributed by atoms with Gasteiger partial charge >= 0.3 is 6.03 Å². The number of urea groups is 1. The number of nitrogens with zero attached hydrogens (tertiary/aromatic N) is 2. The monoisotopic (exact) mass is 384 g/mol. The number of methoxy groups -OCH3 is 1. The standard InChI is InChI=1S/C18H16N4O2S2/c1-10-20-15-14(25-10)8-7-13-16(15)26-18(21-13)22-17(23)19-9-11-3-5-12(24-2)6-4-11/h3-8H,9H2,1-2H3,(H2,19,21,22,23). The van der Waals surface area contributed by atoms with Crippen molar-refractivity contribution in [1.29, 1.82) is 0 Å². The Morgan fingerprint density at radius 1 is 1.12 bits per heavy atom. The van der Waals surface area contributed by atoms with Gasteiger partial charge in [-0.15, -0.1) is 11.3 Å². The van der Waals surface area contributed by atoms with Crippen molar-refractivity contribution in [3.63, 3.8) is 0 Å². The van der Waals surface area contributed by atoms with Crippen molar-refractivity contribution in [2.75, 3.05) is 12.4 Å². The zero-order chi connectivity index (χ0) is 18.1. The summed E-state index contributed by atoms with van der Waals surface area (Å²) in [5, 5.41) is 7.22. The topological polar surface area (TPSA) is 76.1 Å². The average Bonchev–Trinajstić information content (AvgIpc) is 3.22. The van der Waals surface area contributed by atoms with Crippen molar-refractivity contribution >= 4 is 54.3 Å². The molecule has 0 bridgehead atoms. The molecule has 26 heavy (non-hydrogen) atoms. The Balaban J connectivity index is 1.45. The van der Waals surface area contributed by atoms with Gasteiger partial charge in [0.1, 0.15) is 11.3 Å². The number of anilines is 1. The molecule has 6 nitrogen and oxygen atoms in total. The fourth-order valence-corrected chi connectivity index (χ4v) is 4.46. The molecule has 0 spiro atoms. The van der Waals surface area contributed by atoms with Crippen LogP contribution >= 0.6 is 22.7 Å². The van der Waals surface area contributed by atoms with Gasteiger partial charge < -0.3 is 10.1 Å². The molecule has 2 N–H and O–H groups in total. The van der Waals surface area contributed by atoms with Gasteiger partial charge in [-0.25, -0.2) is 14.8 Å². The number of amides is 2. The lowest BCUT2D eigenvalue weighted by Crippen LogP contribution is -2.28. The summed E-state index contributed by atoms with van der Waals surface area (Å²) in [5.41, 5.74) is 2.79. The second kappa shape index (κ2) is 6.89. The SMILES string of the molecule is COc1ccc(CNC(=O)Nc2nc3ccc4sc(C)nc4c3s2)cc1. The molecule has 0 atom stereocenters. The summed E-state index contributed by atoms with van der Waals surface area (Å²) in [6.45, 7) is 2.42. The minimum atomic E-state index is -0.287. The zero-order valence-corrected chi connectivity index (χ0v) is 15.8. The van der Waals surface area contributed by atoms with Crippen LogP contribution in [0.3, 0.4) is 0 Å². The summed E-state index contributed by atoms with van der Waals surface area (Å²) in [6, 6.07) is 11.3. The summed E-state index contributed by atoms with van der Waals surface area (Å²) in [7, 11) is 1.62. The number of nitrogens with one attached hydrogen (secondary N) is 2. The van der Waals surface area contributed by atoms with E-state index in [0.29, 0.717) is 11.7 Å². The zero-order valence-electron chi connectivity index (χ0n) is 14.2. The van der Waals surface area contributed by atoms with Gasteiger partial charge in [0.2, 0.25) is 0 Å². The molecule has 0 unspecified atom stereocenters. The summed E-state index contributed by atoms with van der Waals surface area (Å²) in [5.74, 6) is 0.788. The number of aryl methyl sites for hydroxylation is 1. The van der Waals surface area contributed by atoms with Crippen LogP contribution in [0.1, 0.15) is 10.6 Å². The van der Waals surface area contributed by atoms with Crippen LogP contribution in [-0.2, 0) is 6.54 Å². The number of benzene rings is 2. The third-order valence-electron chi connectivity index (χ3n) is 3.85. The molecule has 0 saturated carbocycles. The van der Waals surface area contributed by atoms with Crippen LogP contribution in [-0.4, -0.2) is 23.1 Å². The maximum atomic E-state index is 12.2. The Morgan fingerprint density at radius 3 is 2.69 bits per heavy atom. The first-order chi connectivity index (χ1) is 12.6. The molecule has 0 aliphatic carbocycles. The van der Waals surface area contributed by atoms with Crippen molar-refractivity contribution in [2.45, 2.75) is 13.5 Å². The number of carbonyl (C=O) groups excluding carboxylic acids is 1. The Kier molecular flexibility index (Phi) is 4.44. The van der Waals surface area contributed by atoms with Gasteiger partial charge in [-0.2, -0.15) is 0 Å². The fraction of sp³-hybridized carbons (Fsp3) is 0.167. The van der Waals surface area contributed by atoms with Crippen LogP contribution in [0, 0.1) is 6.92 Å². The molecule has 132 valence electrons. The molecular weight excluding hydrogens is 368 g/mol. The lowest BCUT2D eigenvalue weighted by molar-refractivity contribution is 0.251. The number of carbonyl (C=O) groups is 1. The van der Waals surface area contributed by atoms with E-state index in [1.54, 1.807) is 18.4 Å². The molecule has 8 heteroatoms. The van der Waals surface area contributed by atoms with E-state index in [9.17, 15) is 4.79 Å². The Labute approximate surface area is 157 Å². The van der Waals surface area contributed by atoms with Crippen LogP contribution < -0.4 is 15.4 Å². The molecule has 2 aromatic heterocycles. The Hall–Kier alpha value is -2.71. The molecule has 0 aliphatic rings. The molecule has 0 radical (unpaired) electrons. The average molecular weight is 384 g/mol. The van der Waals surface area contributed by atoms with E-state index < -0.39 is 0 Å². The maximum Gasteiger partial charge on any atom is 0.321 e. The van der Waals surface area contributed by atoms with Gasteiger partial charge in [-0.1, -0.05) is 23.5 Å². The fourth-order valence-electron chi connectivity index (χ4n) is 2.61. The van der Waals surface area contributed by atoms with E-state index in [-0.39, 0.29) is 6.03 Å². The predicted molar refractivity (Wildman–Crippen MR) is 106 cm³/mol. The van der Waals surface area contributed by atoms with Crippen LogP contribution in [0.15, 0.2) is 36.4 Å². The molecule has 0 saturated heterocycles. The van der Waals surface area contributed by atoms with E-state index in [1.807, 2.05) is 43.3 Å². The largest absolute Gasteiger partial charge is 0.497 e. The third kappa shape index (κ3) is 3.33. The van der Waals surface area contributed by atoms with Crippen molar-refractivity contribution in [3.05, 3.63) is 47.0 Å². The molecule has 0 fully saturated rings. The molecule has 2 heterocycles. The number of fused-ring (bicyclic) bond motifs is 3. The first-order valence-corrected chi connectivity index (χ1v) is 9.60. The van der Waals surface area contributed by atoms with Gasteiger partial charge in [-0.3, -0.25) is 5.32 Å². The quantitative estimate of drug-likeness (QED) is 0.541. The van der Waals surface area contributed by atoms with Gasteiger partial charge in [0.15, 0.2) is 5.13 Å². The molecule has 0 aliphatic heterocycles. The summed E-state index contributed by atoms with van der Waals surface area (Å²) >= 11 is 3.10. The second-order valence-corrected chi connectivity index (χ2v) is 7.90. The maximum absolute atomic E-state index is 12.2. The molecule has 2 amide bonds. The van der Waals surface area contributed by atoms with Crippen LogP contribution in [0.25, 0.3) is 20.4 Å². The summed E-state index contributed by atoms with van der Waals surface area (Å²) in [6.07, 6.45) is 0. The summed E-state index contributed by atoms with van der Waals surface area (Å²) < 4.78 is 7.25. The summed E-state index contributed by atoms with van der Waals surface area (Å²) in [4.78, 5) is 21.2. The van der Waals surface area contributed by atoms with Crippen molar-refractivity contribution < 1.29 is 9.53 Å². The van der Waals surface area contributed by atoms with E-state index in [0.717, 1.165) is 36.8 Å². The van der Waals surface area contributed by atoms with Crippen molar-refractivity contribution in [1.82, 2.24) is 15.3 Å². The smallest absolute Gasteiger partial charge is 0.321 e. The first-order valence-electron chi connectivity index (χ1n) is 7.97. The predicted octanol–water partition coefficient (Wildman–Crippen LogP) is 4.54. The number of aromatic nitrogens is 2. The third-order valence-corrected chi connectivity index (χ3v) is 5.78. The number of hydrogen-bond donors (Lipinski definition) is 2. The highest BCUT2D eigenvalue weighted by molar-refractivity contribution is 7.24. The molecule has 2 aromatic carbocycles. The van der Waals surface area contributed by atoms with Gasteiger partial charge in [0.05, 0.1) is 27.0 Å². The van der Waals surface area contributed by atoms with E-state index in [1.165, 1.54) is 11.3 Å². The Morgan fingerprint density at radius 2 is 1.92 bits per heavy atom. The van der Waals surface area contributed by atoms with Crippen LogP contribution in [0.2, 0.25) is 0 Å². The minimum absolute atomic E-state index is 0.287. The van der Waals surface area contributed by atoms with Crippen molar-refractivity contribution in [3.8, 4) is 5.75 Å². The van der Waals surface area contributed by atoms with E-state index in [4.69, 9.17) is 4.74 Å². The van der Waals surface area contributed by atoms with Crippen molar-refractivity contribution in [2.24, 2.45) is 0 Å². The van der Waals surface area contributed by atoms with Crippen LogP contribution in [0.4, 0.5) is 9.93 Å². The second-order valence-electron chi connectivity index (χ2n) is 5.67. The van der Waals surface area contributed by atoms with Gasteiger partial charge in [-0.05, 0) is 36.8 Å². The number of rotatable bonds is 4. The number of ether oxygens (including phenoxy) is 1. The molecule has 4 aromatic rings. The normalized spacial score (nSPS) is 11.0. The number of hydrogen-bond acceptors (Lipinski definition) is 6. The molecule has 4 rings (SSSR count). The van der Waals surface area contributed by atoms with E-state index in [2.05, 4.69) is 20.6 Å². The molecular formula is C18H16N4O2S2. The lowest BCUT2D eigenvalue weighted by atomic mass is 10.2. The van der Waals surface area contributed by atoms with Gasteiger partial charge in [0, 0.05) is 6.54 Å². The number of thiazole rings is 2. The highest BCUT2D eigenvalue weighted by Crippen LogP contribution is 2.34.